The second-order valence-corrected chi connectivity index (χ2v) is 6.66. The Morgan fingerprint density at radius 3 is 2.48 bits per heavy atom. The largest absolute Gasteiger partial charge is 0.481 e. The van der Waals surface area contributed by atoms with Gasteiger partial charge in [-0.3, -0.25) is 4.79 Å². The molecule has 142 valence electrons. The van der Waals surface area contributed by atoms with E-state index < -0.39 is 29.8 Å². The van der Waals surface area contributed by atoms with Crippen molar-refractivity contribution in [2.75, 3.05) is 13.1 Å². The van der Waals surface area contributed by atoms with Crippen LogP contribution in [0.4, 0.5) is 13.6 Å². The Labute approximate surface area is 155 Å². The summed E-state index contributed by atoms with van der Waals surface area (Å²) in [5.74, 6) is -2.32. The molecule has 0 bridgehead atoms. The SMILES string of the molecule is O=C(O)C1CCN(C(=O)NC(Cc2cccc(F)c2)c2cccc(F)c2)C1. The molecule has 5 nitrogen and oxygen atoms in total. The van der Waals surface area contributed by atoms with Crippen molar-refractivity contribution in [3.8, 4) is 0 Å². The highest BCUT2D eigenvalue weighted by Gasteiger charge is 2.31. The molecular formula is C20H20F2N2O3. The number of hydrogen-bond donors (Lipinski definition) is 2. The highest BCUT2D eigenvalue weighted by molar-refractivity contribution is 5.77. The first-order valence-electron chi connectivity index (χ1n) is 8.70. The molecule has 0 radical (unpaired) electrons. The van der Waals surface area contributed by atoms with Crippen molar-refractivity contribution in [3.63, 3.8) is 0 Å². The number of nitrogens with one attached hydrogen (secondary N) is 1. The lowest BCUT2D eigenvalue weighted by atomic mass is 9.98. The number of benzene rings is 2. The monoisotopic (exact) mass is 374 g/mol. The van der Waals surface area contributed by atoms with Gasteiger partial charge in [-0.2, -0.15) is 0 Å². The van der Waals surface area contributed by atoms with Gasteiger partial charge >= 0.3 is 12.0 Å². The molecule has 7 heteroatoms. The number of nitrogens with zero attached hydrogens (tertiary/aromatic N) is 1. The zero-order chi connectivity index (χ0) is 19.4. The van der Waals surface area contributed by atoms with Gasteiger partial charge in [-0.15, -0.1) is 0 Å². The highest BCUT2D eigenvalue weighted by Crippen LogP contribution is 2.22. The van der Waals surface area contributed by atoms with E-state index in [4.69, 9.17) is 5.11 Å². The molecule has 27 heavy (non-hydrogen) atoms. The molecule has 2 aromatic carbocycles. The summed E-state index contributed by atoms with van der Waals surface area (Å²) < 4.78 is 27.2. The van der Waals surface area contributed by atoms with Crippen LogP contribution in [0.15, 0.2) is 48.5 Å². The fraction of sp³-hybridized carbons (Fsp3) is 0.300. The number of likely N-dealkylation sites (tertiary alicyclic amines) is 1. The van der Waals surface area contributed by atoms with Crippen molar-refractivity contribution in [2.24, 2.45) is 5.92 Å². The summed E-state index contributed by atoms with van der Waals surface area (Å²) in [5, 5.41) is 11.9. The molecule has 0 spiro atoms. The van der Waals surface area contributed by atoms with Crippen LogP contribution in [0.1, 0.15) is 23.6 Å². The van der Waals surface area contributed by atoms with Gasteiger partial charge in [0.15, 0.2) is 0 Å². The van der Waals surface area contributed by atoms with Crippen LogP contribution in [-0.4, -0.2) is 35.1 Å². The number of aliphatic carboxylic acids is 1. The molecule has 1 heterocycles. The van der Waals surface area contributed by atoms with E-state index in [9.17, 15) is 18.4 Å². The standard InChI is InChI=1S/C20H20F2N2O3/c21-16-5-1-3-13(9-16)10-18(14-4-2-6-17(22)11-14)23-20(27)24-8-7-15(12-24)19(25)26/h1-6,9,11,15,18H,7-8,10,12H2,(H,23,27)(H,25,26). The molecule has 0 aromatic heterocycles. The number of hydrogen-bond acceptors (Lipinski definition) is 2. The molecule has 2 unspecified atom stereocenters. The van der Waals surface area contributed by atoms with Crippen LogP contribution < -0.4 is 5.32 Å². The van der Waals surface area contributed by atoms with Crippen molar-refractivity contribution >= 4 is 12.0 Å². The predicted octanol–water partition coefficient (Wildman–Crippen LogP) is 3.36. The Hall–Kier alpha value is -2.96. The van der Waals surface area contributed by atoms with E-state index in [1.807, 2.05) is 0 Å². The van der Waals surface area contributed by atoms with Crippen LogP contribution in [0.2, 0.25) is 0 Å². The summed E-state index contributed by atoms with van der Waals surface area (Å²) >= 11 is 0. The van der Waals surface area contributed by atoms with Gasteiger partial charge in [-0.05, 0) is 48.2 Å². The Morgan fingerprint density at radius 2 is 1.85 bits per heavy atom. The number of carbonyl (C=O) groups excluding carboxylic acids is 1. The van der Waals surface area contributed by atoms with E-state index in [0.717, 1.165) is 0 Å². The summed E-state index contributed by atoms with van der Waals surface area (Å²) in [6, 6.07) is 10.9. The van der Waals surface area contributed by atoms with Crippen LogP contribution in [0.5, 0.6) is 0 Å². The van der Waals surface area contributed by atoms with E-state index >= 15 is 0 Å². The number of carboxylic acids is 1. The lowest BCUT2D eigenvalue weighted by molar-refractivity contribution is -0.141. The Balaban J connectivity index is 1.77. The van der Waals surface area contributed by atoms with Crippen molar-refractivity contribution in [3.05, 3.63) is 71.3 Å². The number of rotatable bonds is 5. The maximum atomic E-state index is 13.7. The number of halogens is 2. The fourth-order valence-electron chi connectivity index (χ4n) is 3.26. The zero-order valence-corrected chi connectivity index (χ0v) is 14.6. The average Bonchev–Trinajstić information content (AvgIpc) is 3.12. The third-order valence-corrected chi connectivity index (χ3v) is 4.70. The van der Waals surface area contributed by atoms with Gasteiger partial charge in [-0.1, -0.05) is 24.3 Å². The Kier molecular flexibility index (Phi) is 5.69. The summed E-state index contributed by atoms with van der Waals surface area (Å²) in [6.45, 7) is 0.482. The minimum absolute atomic E-state index is 0.136. The molecule has 0 saturated carbocycles. The van der Waals surface area contributed by atoms with Crippen LogP contribution in [0, 0.1) is 17.6 Å². The zero-order valence-electron chi connectivity index (χ0n) is 14.6. The number of carboxylic acid groups (broad SMARTS) is 1. The molecular weight excluding hydrogens is 354 g/mol. The average molecular weight is 374 g/mol. The smallest absolute Gasteiger partial charge is 0.317 e. The van der Waals surface area contributed by atoms with E-state index in [2.05, 4.69) is 5.32 Å². The van der Waals surface area contributed by atoms with Crippen molar-refractivity contribution in [1.82, 2.24) is 10.2 Å². The second-order valence-electron chi connectivity index (χ2n) is 6.66. The molecule has 2 aromatic rings. The third-order valence-electron chi connectivity index (χ3n) is 4.70. The normalized spacial score (nSPS) is 17.6. The molecule has 1 saturated heterocycles. The maximum Gasteiger partial charge on any atom is 0.317 e. The summed E-state index contributed by atoms with van der Waals surface area (Å²) in [5.41, 5.74) is 1.22. The quantitative estimate of drug-likeness (QED) is 0.843. The van der Waals surface area contributed by atoms with E-state index in [-0.39, 0.29) is 18.8 Å². The van der Waals surface area contributed by atoms with Crippen LogP contribution in [0.3, 0.4) is 0 Å². The molecule has 2 atom stereocenters. The number of urea groups is 1. The Bertz CT molecular complexity index is 843. The van der Waals surface area contributed by atoms with E-state index in [1.165, 1.54) is 29.2 Å². The van der Waals surface area contributed by atoms with Gasteiger partial charge < -0.3 is 15.3 Å². The molecule has 2 N–H and O–H groups in total. The molecule has 3 rings (SSSR count). The lowest BCUT2D eigenvalue weighted by Crippen LogP contribution is -2.41. The predicted molar refractivity (Wildman–Crippen MR) is 95.1 cm³/mol. The highest BCUT2D eigenvalue weighted by atomic mass is 19.1. The van der Waals surface area contributed by atoms with Crippen molar-refractivity contribution < 1.29 is 23.5 Å². The van der Waals surface area contributed by atoms with Crippen molar-refractivity contribution in [2.45, 2.75) is 18.9 Å². The topological polar surface area (TPSA) is 69.6 Å². The van der Waals surface area contributed by atoms with Crippen LogP contribution in [-0.2, 0) is 11.2 Å². The fourth-order valence-corrected chi connectivity index (χ4v) is 3.26. The van der Waals surface area contributed by atoms with Gasteiger partial charge in [0.05, 0.1) is 12.0 Å². The first-order valence-corrected chi connectivity index (χ1v) is 8.70. The molecule has 0 aliphatic carbocycles. The maximum absolute atomic E-state index is 13.7. The van der Waals surface area contributed by atoms with Crippen LogP contribution in [0.25, 0.3) is 0 Å². The molecule has 1 aliphatic heterocycles. The number of carbonyl (C=O) groups is 2. The second kappa shape index (κ2) is 8.16. The van der Waals surface area contributed by atoms with E-state index in [0.29, 0.717) is 24.1 Å². The van der Waals surface area contributed by atoms with Crippen molar-refractivity contribution in [1.29, 1.82) is 0 Å². The summed E-state index contributed by atoms with van der Waals surface area (Å²) in [7, 11) is 0. The minimum Gasteiger partial charge on any atom is -0.481 e. The lowest BCUT2D eigenvalue weighted by Gasteiger charge is -2.24. The van der Waals surface area contributed by atoms with Gasteiger partial charge in [0.2, 0.25) is 0 Å². The van der Waals surface area contributed by atoms with E-state index in [1.54, 1.807) is 24.3 Å². The first-order chi connectivity index (χ1) is 12.9. The number of amides is 2. The van der Waals surface area contributed by atoms with Crippen LogP contribution >= 0.6 is 0 Å². The Morgan fingerprint density at radius 1 is 1.15 bits per heavy atom. The summed E-state index contributed by atoms with van der Waals surface area (Å²) in [6.07, 6.45) is 0.681. The first kappa shape index (κ1) is 18.8. The third kappa shape index (κ3) is 4.81. The molecule has 1 aliphatic rings. The van der Waals surface area contributed by atoms with Gasteiger partial charge in [-0.25, -0.2) is 13.6 Å². The van der Waals surface area contributed by atoms with Gasteiger partial charge in [0, 0.05) is 13.1 Å². The molecule has 1 fully saturated rings. The van der Waals surface area contributed by atoms with Gasteiger partial charge in [0.25, 0.3) is 0 Å². The minimum atomic E-state index is -0.924. The summed E-state index contributed by atoms with van der Waals surface area (Å²) in [4.78, 5) is 25.1. The molecule has 2 amide bonds. The van der Waals surface area contributed by atoms with Gasteiger partial charge in [0.1, 0.15) is 11.6 Å².